The number of hydrogen-bond acceptors (Lipinski definition) is 6. The van der Waals surface area contributed by atoms with Gasteiger partial charge in [0.1, 0.15) is 11.6 Å². The number of nitrogens with zero attached hydrogens (tertiary/aromatic N) is 3. The van der Waals surface area contributed by atoms with Gasteiger partial charge in [-0.25, -0.2) is 4.98 Å². The smallest absolute Gasteiger partial charge is 0.276 e. The monoisotopic (exact) mass is 254 g/mol. The van der Waals surface area contributed by atoms with Crippen molar-refractivity contribution in [1.29, 1.82) is 0 Å². The van der Waals surface area contributed by atoms with Gasteiger partial charge in [-0.05, 0) is 13.8 Å². The second-order valence-electron chi connectivity index (χ2n) is 4.61. The number of aliphatic hydroxyl groups excluding tert-OH is 1. The highest BCUT2D eigenvalue weighted by Crippen LogP contribution is 2.26. The van der Waals surface area contributed by atoms with E-state index in [1.54, 1.807) is 19.0 Å². The van der Waals surface area contributed by atoms with E-state index in [-0.39, 0.29) is 12.3 Å². The maximum atomic E-state index is 10.8. The number of nitro groups is 1. The van der Waals surface area contributed by atoms with Crippen LogP contribution in [0.4, 0.5) is 17.3 Å². The van der Waals surface area contributed by atoms with Gasteiger partial charge in [-0.1, -0.05) is 0 Å². The first-order valence-electron chi connectivity index (χ1n) is 5.50. The molecule has 1 aromatic heterocycles. The Hall–Kier alpha value is -1.89. The molecule has 0 unspecified atom stereocenters. The van der Waals surface area contributed by atoms with Crippen LogP contribution >= 0.6 is 0 Å². The van der Waals surface area contributed by atoms with E-state index >= 15 is 0 Å². The maximum Gasteiger partial charge on any atom is 0.276 e. The van der Waals surface area contributed by atoms with Crippen LogP contribution in [0.1, 0.15) is 13.8 Å². The number of aromatic nitrogens is 1. The zero-order chi connectivity index (χ0) is 13.9. The molecule has 0 amide bonds. The fourth-order valence-electron chi connectivity index (χ4n) is 1.32. The summed E-state index contributed by atoms with van der Waals surface area (Å²) in [6.45, 7) is 3.57. The summed E-state index contributed by atoms with van der Waals surface area (Å²) in [4.78, 5) is 16.3. The third-order valence-corrected chi connectivity index (χ3v) is 2.90. The number of hydrogen-bond donors (Lipinski definition) is 2. The van der Waals surface area contributed by atoms with Crippen LogP contribution in [0, 0.1) is 10.1 Å². The largest absolute Gasteiger partial charge is 0.394 e. The van der Waals surface area contributed by atoms with Crippen LogP contribution < -0.4 is 10.2 Å². The third-order valence-electron chi connectivity index (χ3n) is 2.90. The number of nitrogens with one attached hydrogen (secondary N) is 1. The van der Waals surface area contributed by atoms with E-state index in [1.165, 1.54) is 12.1 Å². The molecule has 0 bridgehead atoms. The summed E-state index contributed by atoms with van der Waals surface area (Å²) in [5.41, 5.74) is -0.585. The van der Waals surface area contributed by atoms with Crippen LogP contribution in [0.25, 0.3) is 0 Å². The van der Waals surface area contributed by atoms with Crippen molar-refractivity contribution in [3.8, 4) is 0 Å². The molecule has 1 aromatic rings. The summed E-state index contributed by atoms with van der Waals surface area (Å²) in [5.74, 6) is 0.854. The standard InChI is InChI=1S/C11H18N4O3/c1-11(2,7-16)14(4)10-6-8(15(17)18)5-9(12-3)13-10/h5-6,16H,7H2,1-4H3,(H,12,13). The Balaban J connectivity index is 3.23. The Morgan fingerprint density at radius 3 is 2.61 bits per heavy atom. The highest BCUT2D eigenvalue weighted by molar-refractivity contribution is 5.56. The first-order chi connectivity index (χ1) is 8.31. The molecule has 0 saturated carbocycles. The molecular formula is C11H18N4O3. The number of rotatable bonds is 5. The molecule has 0 spiro atoms. The lowest BCUT2D eigenvalue weighted by Crippen LogP contribution is -2.44. The van der Waals surface area contributed by atoms with Gasteiger partial charge in [0, 0.05) is 14.1 Å². The van der Waals surface area contributed by atoms with E-state index in [1.807, 2.05) is 13.8 Å². The van der Waals surface area contributed by atoms with E-state index < -0.39 is 10.5 Å². The average molecular weight is 254 g/mol. The minimum atomic E-state index is -0.548. The van der Waals surface area contributed by atoms with Gasteiger partial charge in [0.05, 0.1) is 29.2 Å². The molecule has 7 heteroatoms. The molecule has 0 saturated heterocycles. The fourth-order valence-corrected chi connectivity index (χ4v) is 1.32. The third kappa shape index (κ3) is 2.86. The lowest BCUT2D eigenvalue weighted by Gasteiger charge is -2.34. The van der Waals surface area contributed by atoms with Crippen LogP contribution in [-0.4, -0.2) is 41.3 Å². The predicted molar refractivity (Wildman–Crippen MR) is 70.0 cm³/mol. The maximum absolute atomic E-state index is 10.8. The van der Waals surface area contributed by atoms with Crippen molar-refractivity contribution in [2.45, 2.75) is 19.4 Å². The summed E-state index contributed by atoms with van der Waals surface area (Å²) in [5, 5.41) is 22.9. The van der Waals surface area contributed by atoms with Crippen molar-refractivity contribution >= 4 is 17.3 Å². The van der Waals surface area contributed by atoms with E-state index in [0.717, 1.165) is 0 Å². The second kappa shape index (κ2) is 5.18. The molecule has 0 fully saturated rings. The van der Waals surface area contributed by atoms with Crippen molar-refractivity contribution in [2.75, 3.05) is 30.9 Å². The Labute approximate surface area is 106 Å². The van der Waals surface area contributed by atoms with Gasteiger partial charge >= 0.3 is 0 Å². The van der Waals surface area contributed by atoms with Crippen molar-refractivity contribution in [2.24, 2.45) is 0 Å². The lowest BCUT2D eigenvalue weighted by molar-refractivity contribution is -0.384. The molecule has 1 rings (SSSR count). The molecule has 0 aliphatic rings. The number of anilines is 2. The Bertz CT molecular complexity index is 448. The first-order valence-corrected chi connectivity index (χ1v) is 5.50. The number of likely N-dealkylation sites (N-methyl/N-ethyl adjacent to an activating group) is 1. The van der Waals surface area contributed by atoms with Gasteiger partial charge in [0.25, 0.3) is 5.69 Å². The van der Waals surface area contributed by atoms with E-state index in [9.17, 15) is 15.2 Å². The Morgan fingerprint density at radius 2 is 2.17 bits per heavy atom. The molecular weight excluding hydrogens is 236 g/mol. The molecule has 0 aromatic carbocycles. The van der Waals surface area contributed by atoms with Crippen LogP contribution in [0.5, 0.6) is 0 Å². The van der Waals surface area contributed by atoms with Crippen molar-refractivity contribution < 1.29 is 10.0 Å². The summed E-state index contributed by atoms with van der Waals surface area (Å²) in [6, 6.07) is 2.75. The highest BCUT2D eigenvalue weighted by Gasteiger charge is 2.25. The van der Waals surface area contributed by atoms with Gasteiger partial charge in [-0.2, -0.15) is 0 Å². The van der Waals surface area contributed by atoms with Crippen LogP contribution in [0.15, 0.2) is 12.1 Å². The normalized spacial score (nSPS) is 11.2. The summed E-state index contributed by atoms with van der Waals surface area (Å²) in [6.07, 6.45) is 0. The van der Waals surface area contributed by atoms with Gasteiger partial charge in [0.15, 0.2) is 0 Å². The van der Waals surface area contributed by atoms with Gasteiger partial charge in [-0.3, -0.25) is 10.1 Å². The minimum Gasteiger partial charge on any atom is -0.394 e. The van der Waals surface area contributed by atoms with E-state index in [4.69, 9.17) is 0 Å². The minimum absolute atomic E-state index is 0.0371. The van der Waals surface area contributed by atoms with Crippen LogP contribution in [0.3, 0.4) is 0 Å². The molecule has 18 heavy (non-hydrogen) atoms. The van der Waals surface area contributed by atoms with E-state index in [0.29, 0.717) is 11.6 Å². The second-order valence-corrected chi connectivity index (χ2v) is 4.61. The van der Waals surface area contributed by atoms with E-state index in [2.05, 4.69) is 10.3 Å². The Morgan fingerprint density at radius 1 is 1.56 bits per heavy atom. The zero-order valence-electron chi connectivity index (χ0n) is 11.0. The first kappa shape index (κ1) is 14.2. The van der Waals surface area contributed by atoms with Gasteiger partial charge in [-0.15, -0.1) is 0 Å². The lowest BCUT2D eigenvalue weighted by atomic mass is 10.1. The summed E-state index contributed by atoms with van der Waals surface area (Å²) in [7, 11) is 3.38. The topological polar surface area (TPSA) is 91.5 Å². The summed E-state index contributed by atoms with van der Waals surface area (Å²) >= 11 is 0. The number of pyridine rings is 1. The molecule has 7 nitrogen and oxygen atoms in total. The van der Waals surface area contributed by atoms with Crippen molar-refractivity contribution in [1.82, 2.24) is 4.98 Å². The van der Waals surface area contributed by atoms with Crippen LogP contribution in [-0.2, 0) is 0 Å². The van der Waals surface area contributed by atoms with Gasteiger partial charge < -0.3 is 15.3 Å². The molecule has 100 valence electrons. The molecule has 0 aliphatic heterocycles. The van der Waals surface area contributed by atoms with Crippen molar-refractivity contribution in [3.63, 3.8) is 0 Å². The zero-order valence-corrected chi connectivity index (χ0v) is 11.0. The molecule has 1 heterocycles. The van der Waals surface area contributed by atoms with Gasteiger partial charge in [0.2, 0.25) is 0 Å². The Kier molecular flexibility index (Phi) is 4.07. The molecule has 2 N–H and O–H groups in total. The predicted octanol–water partition coefficient (Wildman–Crippen LogP) is 1.24. The van der Waals surface area contributed by atoms with Crippen molar-refractivity contribution in [3.05, 3.63) is 22.2 Å². The highest BCUT2D eigenvalue weighted by atomic mass is 16.6. The summed E-state index contributed by atoms with van der Waals surface area (Å²) < 4.78 is 0. The average Bonchev–Trinajstić information content (AvgIpc) is 2.36. The molecule has 0 atom stereocenters. The molecule has 0 aliphatic carbocycles. The number of aliphatic hydroxyl groups is 1. The quantitative estimate of drug-likeness (QED) is 0.606. The van der Waals surface area contributed by atoms with Crippen LogP contribution in [0.2, 0.25) is 0 Å². The SMILES string of the molecule is CNc1cc([N+](=O)[O-])cc(N(C)C(C)(C)CO)n1. The molecule has 0 radical (unpaired) electrons. The fraction of sp³-hybridized carbons (Fsp3) is 0.545.